The second-order valence-corrected chi connectivity index (χ2v) is 7.00. The summed E-state index contributed by atoms with van der Waals surface area (Å²) in [4.78, 5) is 15.5. The largest absolute Gasteiger partial charge is 0.465 e. The summed E-state index contributed by atoms with van der Waals surface area (Å²) in [5.41, 5.74) is 2.80. The lowest BCUT2D eigenvalue weighted by atomic mass is 10.2. The number of tetrazole rings is 1. The zero-order chi connectivity index (χ0) is 22.3. The first-order valence-corrected chi connectivity index (χ1v) is 10.4. The van der Waals surface area contributed by atoms with E-state index in [2.05, 4.69) is 39.6 Å². The molecule has 0 saturated carbocycles. The van der Waals surface area contributed by atoms with Gasteiger partial charge in [0.25, 0.3) is 5.91 Å². The molecule has 162 valence electrons. The summed E-state index contributed by atoms with van der Waals surface area (Å²) in [7, 11) is 0. The fourth-order valence-corrected chi connectivity index (χ4v) is 3.39. The van der Waals surface area contributed by atoms with Crippen LogP contribution >= 0.6 is 0 Å². The summed E-state index contributed by atoms with van der Waals surface area (Å²) >= 11 is 0. The highest BCUT2D eigenvalue weighted by atomic mass is 16.3. The van der Waals surface area contributed by atoms with E-state index in [4.69, 9.17) is 4.42 Å². The van der Waals surface area contributed by atoms with Crippen LogP contribution in [0, 0.1) is 0 Å². The number of nitrogens with one attached hydrogen (secondary N) is 1. The van der Waals surface area contributed by atoms with Crippen LogP contribution in [0.3, 0.4) is 0 Å². The highest BCUT2D eigenvalue weighted by Gasteiger charge is 2.20. The van der Waals surface area contributed by atoms with E-state index in [-0.39, 0.29) is 11.6 Å². The van der Waals surface area contributed by atoms with E-state index in [0.717, 1.165) is 24.3 Å². The molecule has 8 nitrogen and oxygen atoms in total. The van der Waals surface area contributed by atoms with Crippen LogP contribution in [0.5, 0.6) is 0 Å². The van der Waals surface area contributed by atoms with Crippen molar-refractivity contribution >= 4 is 29.1 Å². The van der Waals surface area contributed by atoms with Gasteiger partial charge in [-0.2, -0.15) is 4.68 Å². The van der Waals surface area contributed by atoms with Gasteiger partial charge in [0.1, 0.15) is 11.5 Å². The standard InChI is InChI=1S/C24H24N6O2/c1-3-29(4-2)20-14-12-19(13-15-20)25-24(31)22(17-21-11-8-16-32-21)30-23(26-27-28-30)18-9-6-5-7-10-18/h5-17H,3-4H2,1-2H3,(H,25,31). The van der Waals surface area contributed by atoms with Crippen molar-refractivity contribution in [3.8, 4) is 11.4 Å². The van der Waals surface area contributed by atoms with E-state index in [1.54, 1.807) is 24.5 Å². The van der Waals surface area contributed by atoms with E-state index in [1.807, 2.05) is 54.6 Å². The minimum absolute atomic E-state index is 0.233. The van der Waals surface area contributed by atoms with Crippen molar-refractivity contribution in [3.05, 3.63) is 78.8 Å². The summed E-state index contributed by atoms with van der Waals surface area (Å²) in [6.07, 6.45) is 3.16. The minimum Gasteiger partial charge on any atom is -0.465 e. The molecule has 0 atom stereocenters. The number of anilines is 2. The van der Waals surface area contributed by atoms with Gasteiger partial charge in [0, 0.05) is 36.1 Å². The SMILES string of the molecule is CCN(CC)c1ccc(NC(=O)C(=Cc2ccco2)n2nnnc2-c2ccccc2)cc1. The minimum atomic E-state index is -0.360. The Bertz CT molecular complexity index is 1180. The lowest BCUT2D eigenvalue weighted by Gasteiger charge is -2.21. The summed E-state index contributed by atoms with van der Waals surface area (Å²) < 4.78 is 6.85. The van der Waals surface area contributed by atoms with E-state index in [9.17, 15) is 4.79 Å². The third kappa shape index (κ3) is 4.59. The second kappa shape index (κ2) is 9.74. The van der Waals surface area contributed by atoms with Gasteiger partial charge in [0.2, 0.25) is 0 Å². The molecule has 1 amide bonds. The molecule has 0 saturated heterocycles. The van der Waals surface area contributed by atoms with Crippen molar-refractivity contribution in [3.63, 3.8) is 0 Å². The molecule has 0 bridgehead atoms. The molecule has 0 unspecified atom stereocenters. The maximum absolute atomic E-state index is 13.3. The van der Waals surface area contributed by atoms with Gasteiger partial charge in [-0.3, -0.25) is 4.79 Å². The molecule has 0 radical (unpaired) electrons. The molecule has 0 aliphatic heterocycles. The Morgan fingerprint density at radius 1 is 1.03 bits per heavy atom. The number of carbonyl (C=O) groups excluding carboxylic acids is 1. The Morgan fingerprint density at radius 2 is 1.78 bits per heavy atom. The Morgan fingerprint density at radius 3 is 2.44 bits per heavy atom. The van der Waals surface area contributed by atoms with Gasteiger partial charge in [0.05, 0.1) is 6.26 Å². The molecule has 2 heterocycles. The van der Waals surface area contributed by atoms with Gasteiger partial charge in [-0.15, -0.1) is 5.10 Å². The molecule has 1 N–H and O–H groups in total. The molecule has 2 aromatic heterocycles. The monoisotopic (exact) mass is 428 g/mol. The highest BCUT2D eigenvalue weighted by molar-refractivity contribution is 6.24. The molecule has 0 aliphatic carbocycles. The third-order valence-electron chi connectivity index (χ3n) is 5.04. The number of amides is 1. The van der Waals surface area contributed by atoms with Gasteiger partial charge in [-0.25, -0.2) is 0 Å². The zero-order valence-electron chi connectivity index (χ0n) is 18.0. The van der Waals surface area contributed by atoms with Crippen LogP contribution < -0.4 is 10.2 Å². The van der Waals surface area contributed by atoms with Crippen LogP contribution in [0.25, 0.3) is 23.2 Å². The van der Waals surface area contributed by atoms with E-state index in [1.165, 1.54) is 4.68 Å². The van der Waals surface area contributed by atoms with Crippen molar-refractivity contribution in [2.75, 3.05) is 23.3 Å². The molecule has 0 aliphatic rings. The van der Waals surface area contributed by atoms with Gasteiger partial charge in [-0.1, -0.05) is 30.3 Å². The number of carbonyl (C=O) groups is 1. The summed E-state index contributed by atoms with van der Waals surface area (Å²) in [5.74, 6) is 0.610. The van der Waals surface area contributed by atoms with Gasteiger partial charge in [0.15, 0.2) is 5.82 Å². The second-order valence-electron chi connectivity index (χ2n) is 7.00. The molecule has 2 aromatic carbocycles. The zero-order valence-corrected chi connectivity index (χ0v) is 18.0. The van der Waals surface area contributed by atoms with E-state index < -0.39 is 0 Å². The fourth-order valence-electron chi connectivity index (χ4n) is 3.39. The molecule has 0 spiro atoms. The number of hydrogen-bond acceptors (Lipinski definition) is 6. The molecule has 4 rings (SSSR count). The quantitative estimate of drug-likeness (QED) is 0.418. The third-order valence-corrected chi connectivity index (χ3v) is 5.04. The lowest BCUT2D eigenvalue weighted by molar-refractivity contribution is -0.111. The first-order valence-electron chi connectivity index (χ1n) is 10.4. The van der Waals surface area contributed by atoms with Crippen LogP contribution in [0.1, 0.15) is 19.6 Å². The first-order chi connectivity index (χ1) is 15.7. The van der Waals surface area contributed by atoms with Gasteiger partial charge < -0.3 is 14.6 Å². The van der Waals surface area contributed by atoms with Crippen molar-refractivity contribution in [1.82, 2.24) is 20.2 Å². The van der Waals surface area contributed by atoms with Crippen molar-refractivity contribution < 1.29 is 9.21 Å². The fraction of sp³-hybridized carbons (Fsp3) is 0.167. The number of rotatable bonds is 8. The van der Waals surface area contributed by atoms with Gasteiger partial charge >= 0.3 is 0 Å². The smallest absolute Gasteiger partial charge is 0.274 e. The van der Waals surface area contributed by atoms with E-state index in [0.29, 0.717) is 17.3 Å². The number of nitrogens with zero attached hydrogens (tertiary/aromatic N) is 5. The highest BCUT2D eigenvalue weighted by Crippen LogP contribution is 2.23. The summed E-state index contributed by atoms with van der Waals surface area (Å²) in [6.45, 7) is 6.06. The molecule has 0 fully saturated rings. The topological polar surface area (TPSA) is 89.1 Å². The lowest BCUT2D eigenvalue weighted by Crippen LogP contribution is -2.22. The molecule has 32 heavy (non-hydrogen) atoms. The number of hydrogen-bond donors (Lipinski definition) is 1. The number of benzene rings is 2. The maximum atomic E-state index is 13.3. The number of furan rings is 1. The average molecular weight is 428 g/mol. The van der Waals surface area contributed by atoms with Gasteiger partial charge in [-0.05, 0) is 60.7 Å². The van der Waals surface area contributed by atoms with Crippen LogP contribution in [0.15, 0.2) is 77.4 Å². The van der Waals surface area contributed by atoms with Crippen LogP contribution in [0.2, 0.25) is 0 Å². The Balaban J connectivity index is 1.66. The average Bonchev–Trinajstić information content (AvgIpc) is 3.52. The molecular formula is C24H24N6O2. The van der Waals surface area contributed by atoms with Crippen molar-refractivity contribution in [1.29, 1.82) is 0 Å². The Hall–Kier alpha value is -4.20. The van der Waals surface area contributed by atoms with Crippen LogP contribution in [-0.4, -0.2) is 39.2 Å². The first kappa shape index (κ1) is 21.0. The van der Waals surface area contributed by atoms with E-state index >= 15 is 0 Å². The summed E-state index contributed by atoms with van der Waals surface area (Å²) in [6, 6.07) is 20.7. The number of aromatic nitrogens is 4. The Labute approximate surface area is 186 Å². The molecule has 4 aromatic rings. The van der Waals surface area contributed by atoms with Crippen LogP contribution in [-0.2, 0) is 4.79 Å². The van der Waals surface area contributed by atoms with Crippen molar-refractivity contribution in [2.24, 2.45) is 0 Å². The van der Waals surface area contributed by atoms with Crippen LogP contribution in [0.4, 0.5) is 11.4 Å². The molecular weight excluding hydrogens is 404 g/mol. The maximum Gasteiger partial charge on any atom is 0.274 e. The predicted molar refractivity (Wildman–Crippen MR) is 125 cm³/mol. The molecule has 8 heteroatoms. The normalized spacial score (nSPS) is 11.4. The Kier molecular flexibility index (Phi) is 6.41. The van der Waals surface area contributed by atoms with Crippen molar-refractivity contribution in [2.45, 2.75) is 13.8 Å². The summed E-state index contributed by atoms with van der Waals surface area (Å²) in [5, 5.41) is 14.9. The predicted octanol–water partition coefficient (Wildman–Crippen LogP) is 4.42.